The highest BCUT2D eigenvalue weighted by Gasteiger charge is 2.09. The Morgan fingerprint density at radius 1 is 1.13 bits per heavy atom. The zero-order valence-corrected chi connectivity index (χ0v) is 10.2. The first-order valence-corrected chi connectivity index (χ1v) is 6.05. The van der Waals surface area contributed by atoms with Crippen LogP contribution in [0.15, 0.2) is 24.3 Å². The third kappa shape index (κ3) is 4.05. The molecule has 1 heteroatoms. The molecule has 1 rings (SSSR count). The van der Waals surface area contributed by atoms with Crippen molar-refractivity contribution in [3.05, 3.63) is 35.4 Å². The van der Waals surface area contributed by atoms with E-state index >= 15 is 0 Å². The van der Waals surface area contributed by atoms with E-state index in [2.05, 4.69) is 50.4 Å². The van der Waals surface area contributed by atoms with Gasteiger partial charge in [0.15, 0.2) is 0 Å². The topological polar surface area (TPSA) is 12.0 Å². The van der Waals surface area contributed by atoms with Crippen molar-refractivity contribution < 1.29 is 0 Å². The van der Waals surface area contributed by atoms with E-state index in [0.717, 1.165) is 13.1 Å². The van der Waals surface area contributed by atoms with E-state index in [0.29, 0.717) is 5.92 Å². The normalized spacial score (nSPS) is 12.7. The molecular weight excluding hydrogens is 182 g/mol. The van der Waals surface area contributed by atoms with Crippen LogP contribution in [0, 0.1) is 6.92 Å². The van der Waals surface area contributed by atoms with Gasteiger partial charge >= 0.3 is 0 Å². The molecule has 15 heavy (non-hydrogen) atoms. The zero-order chi connectivity index (χ0) is 11.1. The van der Waals surface area contributed by atoms with Gasteiger partial charge in [0.1, 0.15) is 0 Å². The molecule has 0 saturated heterocycles. The molecule has 0 aliphatic rings. The van der Waals surface area contributed by atoms with Crippen LogP contribution in [-0.4, -0.2) is 13.1 Å². The Morgan fingerprint density at radius 3 is 2.33 bits per heavy atom. The third-order valence-electron chi connectivity index (χ3n) is 2.83. The summed E-state index contributed by atoms with van der Waals surface area (Å²) in [5.41, 5.74) is 2.82. The first-order chi connectivity index (χ1) is 7.27. The molecule has 1 nitrogen and oxygen atoms in total. The second-order valence-electron chi connectivity index (χ2n) is 4.20. The van der Waals surface area contributed by atoms with Crippen molar-refractivity contribution >= 4 is 0 Å². The van der Waals surface area contributed by atoms with Crippen molar-refractivity contribution in [1.29, 1.82) is 0 Å². The molecule has 1 unspecified atom stereocenters. The Labute approximate surface area is 93.9 Å². The van der Waals surface area contributed by atoms with Gasteiger partial charge in [-0.1, -0.05) is 50.1 Å². The maximum absolute atomic E-state index is 3.45. The molecular formula is C14H23N. The summed E-state index contributed by atoms with van der Waals surface area (Å²) in [6, 6.07) is 8.97. The number of likely N-dealkylation sites (N-methyl/N-ethyl adjacent to an activating group) is 1. The van der Waals surface area contributed by atoms with Crippen LogP contribution < -0.4 is 5.32 Å². The van der Waals surface area contributed by atoms with E-state index in [4.69, 9.17) is 0 Å². The summed E-state index contributed by atoms with van der Waals surface area (Å²) in [6.07, 6.45) is 2.53. The fourth-order valence-corrected chi connectivity index (χ4v) is 1.89. The quantitative estimate of drug-likeness (QED) is 0.749. The standard InChI is InChI=1S/C14H23N/c1-4-6-14(11-15-5-2)13-9-7-12(3)8-10-13/h7-10,14-15H,4-6,11H2,1-3H3. The van der Waals surface area contributed by atoms with Crippen LogP contribution in [0.3, 0.4) is 0 Å². The molecule has 0 heterocycles. The predicted molar refractivity (Wildman–Crippen MR) is 67.4 cm³/mol. The summed E-state index contributed by atoms with van der Waals surface area (Å²) in [5, 5.41) is 3.45. The highest BCUT2D eigenvalue weighted by atomic mass is 14.8. The fourth-order valence-electron chi connectivity index (χ4n) is 1.89. The van der Waals surface area contributed by atoms with E-state index in [-0.39, 0.29) is 0 Å². The number of hydrogen-bond donors (Lipinski definition) is 1. The molecule has 0 aliphatic heterocycles. The molecule has 1 aromatic carbocycles. The van der Waals surface area contributed by atoms with E-state index < -0.39 is 0 Å². The van der Waals surface area contributed by atoms with Crippen molar-refractivity contribution in [1.82, 2.24) is 5.32 Å². The lowest BCUT2D eigenvalue weighted by atomic mass is 9.94. The lowest BCUT2D eigenvalue weighted by Crippen LogP contribution is -2.21. The molecule has 0 spiro atoms. The Bertz CT molecular complexity index is 263. The van der Waals surface area contributed by atoms with Gasteiger partial charge in [-0.05, 0) is 31.4 Å². The summed E-state index contributed by atoms with van der Waals surface area (Å²) in [6.45, 7) is 8.73. The lowest BCUT2D eigenvalue weighted by Gasteiger charge is -2.17. The van der Waals surface area contributed by atoms with E-state index in [9.17, 15) is 0 Å². The van der Waals surface area contributed by atoms with Crippen molar-refractivity contribution in [3.63, 3.8) is 0 Å². The minimum Gasteiger partial charge on any atom is -0.316 e. The van der Waals surface area contributed by atoms with Gasteiger partial charge in [0.2, 0.25) is 0 Å². The van der Waals surface area contributed by atoms with E-state index in [1.54, 1.807) is 0 Å². The second-order valence-corrected chi connectivity index (χ2v) is 4.20. The zero-order valence-electron chi connectivity index (χ0n) is 10.2. The van der Waals surface area contributed by atoms with E-state index in [1.165, 1.54) is 24.0 Å². The first-order valence-electron chi connectivity index (χ1n) is 6.05. The summed E-state index contributed by atoms with van der Waals surface area (Å²) < 4.78 is 0. The van der Waals surface area contributed by atoms with Crippen molar-refractivity contribution in [2.45, 2.75) is 39.5 Å². The van der Waals surface area contributed by atoms with Crippen LogP contribution in [0.1, 0.15) is 43.7 Å². The maximum atomic E-state index is 3.45. The molecule has 1 atom stereocenters. The van der Waals surface area contributed by atoms with Crippen LogP contribution in [0.2, 0.25) is 0 Å². The van der Waals surface area contributed by atoms with Crippen LogP contribution >= 0.6 is 0 Å². The number of rotatable bonds is 6. The van der Waals surface area contributed by atoms with Crippen LogP contribution in [0.4, 0.5) is 0 Å². The average Bonchev–Trinajstić information content (AvgIpc) is 2.25. The summed E-state index contributed by atoms with van der Waals surface area (Å²) in [7, 11) is 0. The van der Waals surface area contributed by atoms with Gasteiger partial charge in [-0.3, -0.25) is 0 Å². The average molecular weight is 205 g/mol. The minimum atomic E-state index is 0.676. The Morgan fingerprint density at radius 2 is 1.80 bits per heavy atom. The van der Waals surface area contributed by atoms with Gasteiger partial charge in [-0.15, -0.1) is 0 Å². The number of hydrogen-bond acceptors (Lipinski definition) is 1. The molecule has 0 radical (unpaired) electrons. The molecule has 1 N–H and O–H groups in total. The summed E-state index contributed by atoms with van der Waals surface area (Å²) in [5.74, 6) is 0.676. The third-order valence-corrected chi connectivity index (χ3v) is 2.83. The van der Waals surface area contributed by atoms with Gasteiger partial charge < -0.3 is 5.32 Å². The van der Waals surface area contributed by atoms with E-state index in [1.807, 2.05) is 0 Å². The molecule has 0 bridgehead atoms. The second kappa shape index (κ2) is 6.62. The SMILES string of the molecule is CCCC(CNCC)c1ccc(C)cc1. The highest BCUT2D eigenvalue weighted by Crippen LogP contribution is 2.20. The summed E-state index contributed by atoms with van der Waals surface area (Å²) >= 11 is 0. The monoisotopic (exact) mass is 205 g/mol. The first kappa shape index (κ1) is 12.3. The van der Waals surface area contributed by atoms with Crippen LogP contribution in [-0.2, 0) is 0 Å². The number of aryl methyl sites for hydroxylation is 1. The van der Waals surface area contributed by atoms with Gasteiger partial charge in [0.05, 0.1) is 0 Å². The van der Waals surface area contributed by atoms with Gasteiger partial charge in [0.25, 0.3) is 0 Å². The Kier molecular flexibility index (Phi) is 5.41. The molecule has 0 aromatic heterocycles. The number of benzene rings is 1. The maximum Gasteiger partial charge on any atom is 0.00200 e. The molecule has 0 aliphatic carbocycles. The van der Waals surface area contributed by atoms with Gasteiger partial charge in [0, 0.05) is 6.54 Å². The summed E-state index contributed by atoms with van der Waals surface area (Å²) in [4.78, 5) is 0. The van der Waals surface area contributed by atoms with Gasteiger partial charge in [-0.25, -0.2) is 0 Å². The largest absolute Gasteiger partial charge is 0.316 e. The fraction of sp³-hybridized carbons (Fsp3) is 0.571. The van der Waals surface area contributed by atoms with Crippen molar-refractivity contribution in [2.24, 2.45) is 0 Å². The molecule has 0 saturated carbocycles. The number of nitrogens with one attached hydrogen (secondary N) is 1. The molecule has 0 amide bonds. The van der Waals surface area contributed by atoms with Crippen LogP contribution in [0.5, 0.6) is 0 Å². The van der Waals surface area contributed by atoms with Gasteiger partial charge in [-0.2, -0.15) is 0 Å². The van der Waals surface area contributed by atoms with Crippen LogP contribution in [0.25, 0.3) is 0 Å². The predicted octanol–water partition coefficient (Wildman–Crippen LogP) is 3.49. The highest BCUT2D eigenvalue weighted by molar-refractivity contribution is 5.24. The molecule has 84 valence electrons. The Hall–Kier alpha value is -0.820. The smallest absolute Gasteiger partial charge is 0.00200 e. The van der Waals surface area contributed by atoms with Crippen molar-refractivity contribution in [3.8, 4) is 0 Å². The minimum absolute atomic E-state index is 0.676. The van der Waals surface area contributed by atoms with Crippen molar-refractivity contribution in [2.75, 3.05) is 13.1 Å². The Balaban J connectivity index is 2.65. The lowest BCUT2D eigenvalue weighted by molar-refractivity contribution is 0.555. The molecule has 0 fully saturated rings. The molecule has 1 aromatic rings.